The molecule has 102 valence electrons. The standard InChI is InChI=1S/C15H19ClN2O/c1-3-8-15(10-4-5-10)12-9-11(16)6-7-13(12)17-14(19)18(15)2/h6-7,9-10H,3-5,8H2,1-2H3,(H,17,19)/t15-/m1/s1. The van der Waals surface area contributed by atoms with Gasteiger partial charge in [0.1, 0.15) is 0 Å². The highest BCUT2D eigenvalue weighted by molar-refractivity contribution is 6.30. The molecule has 3 rings (SSSR count). The van der Waals surface area contributed by atoms with Gasteiger partial charge < -0.3 is 10.2 Å². The van der Waals surface area contributed by atoms with Gasteiger partial charge in [0.25, 0.3) is 0 Å². The Bertz CT molecular complexity index is 527. The first-order valence-electron chi connectivity index (χ1n) is 6.94. The monoisotopic (exact) mass is 278 g/mol. The van der Waals surface area contributed by atoms with Crippen LogP contribution in [0.5, 0.6) is 0 Å². The predicted octanol–water partition coefficient (Wildman–Crippen LogP) is 4.22. The maximum absolute atomic E-state index is 12.2. The zero-order chi connectivity index (χ0) is 13.6. The van der Waals surface area contributed by atoms with E-state index in [0.29, 0.717) is 5.92 Å². The van der Waals surface area contributed by atoms with Crippen molar-refractivity contribution in [2.45, 2.75) is 38.1 Å². The van der Waals surface area contributed by atoms with Crippen LogP contribution >= 0.6 is 11.6 Å². The molecule has 1 aromatic carbocycles. The number of halogens is 1. The van der Waals surface area contributed by atoms with Gasteiger partial charge in [0.2, 0.25) is 0 Å². The van der Waals surface area contributed by atoms with E-state index in [4.69, 9.17) is 11.6 Å². The van der Waals surface area contributed by atoms with Crippen molar-refractivity contribution >= 4 is 23.3 Å². The van der Waals surface area contributed by atoms with Gasteiger partial charge in [-0.2, -0.15) is 0 Å². The molecule has 2 aliphatic rings. The Hall–Kier alpha value is -1.22. The van der Waals surface area contributed by atoms with E-state index in [2.05, 4.69) is 12.2 Å². The minimum atomic E-state index is -0.169. The summed E-state index contributed by atoms with van der Waals surface area (Å²) < 4.78 is 0. The topological polar surface area (TPSA) is 32.3 Å². The number of carbonyl (C=O) groups is 1. The minimum absolute atomic E-state index is 0.00447. The number of carbonyl (C=O) groups excluding carboxylic acids is 1. The number of rotatable bonds is 3. The van der Waals surface area contributed by atoms with E-state index in [1.165, 1.54) is 18.4 Å². The van der Waals surface area contributed by atoms with Crippen molar-refractivity contribution in [2.24, 2.45) is 5.92 Å². The van der Waals surface area contributed by atoms with Crippen LogP contribution in [0.3, 0.4) is 0 Å². The van der Waals surface area contributed by atoms with Crippen LogP contribution in [0.15, 0.2) is 18.2 Å². The van der Waals surface area contributed by atoms with Crippen LogP contribution in [0, 0.1) is 5.92 Å². The molecular weight excluding hydrogens is 260 g/mol. The van der Waals surface area contributed by atoms with Gasteiger partial charge in [-0.25, -0.2) is 4.79 Å². The van der Waals surface area contributed by atoms with Crippen molar-refractivity contribution in [3.63, 3.8) is 0 Å². The fraction of sp³-hybridized carbons (Fsp3) is 0.533. The van der Waals surface area contributed by atoms with Crippen molar-refractivity contribution in [3.05, 3.63) is 28.8 Å². The molecule has 1 N–H and O–H groups in total. The smallest absolute Gasteiger partial charge is 0.317 e. The molecule has 0 unspecified atom stereocenters. The molecule has 0 spiro atoms. The van der Waals surface area contributed by atoms with Crippen LogP contribution in [0.4, 0.5) is 10.5 Å². The Labute approximate surface area is 118 Å². The van der Waals surface area contributed by atoms with Gasteiger partial charge in [0.05, 0.1) is 5.54 Å². The summed E-state index contributed by atoms with van der Waals surface area (Å²) in [6, 6.07) is 5.79. The molecule has 1 saturated carbocycles. The van der Waals surface area contributed by atoms with Crippen molar-refractivity contribution in [2.75, 3.05) is 12.4 Å². The van der Waals surface area contributed by atoms with E-state index in [-0.39, 0.29) is 11.6 Å². The summed E-state index contributed by atoms with van der Waals surface area (Å²) >= 11 is 6.18. The van der Waals surface area contributed by atoms with Gasteiger partial charge in [0, 0.05) is 23.3 Å². The molecule has 1 fully saturated rings. The second-order valence-corrected chi connectivity index (χ2v) is 6.06. The summed E-state index contributed by atoms with van der Waals surface area (Å²) in [5, 5.41) is 3.70. The molecule has 0 aromatic heterocycles. The lowest BCUT2D eigenvalue weighted by atomic mass is 9.77. The van der Waals surface area contributed by atoms with Crippen molar-refractivity contribution in [1.82, 2.24) is 4.90 Å². The Morgan fingerprint density at radius 3 is 2.84 bits per heavy atom. The Balaban J connectivity index is 2.20. The zero-order valence-electron chi connectivity index (χ0n) is 11.4. The fourth-order valence-electron chi connectivity index (χ4n) is 3.49. The van der Waals surface area contributed by atoms with Crippen LogP contribution in [-0.2, 0) is 5.54 Å². The number of urea groups is 1. The first kappa shape index (κ1) is 12.8. The molecule has 1 atom stereocenters. The predicted molar refractivity (Wildman–Crippen MR) is 77.5 cm³/mol. The van der Waals surface area contributed by atoms with Crippen LogP contribution in [0.1, 0.15) is 38.2 Å². The summed E-state index contributed by atoms with van der Waals surface area (Å²) in [7, 11) is 1.91. The highest BCUT2D eigenvalue weighted by Crippen LogP contribution is 2.55. The number of hydrogen-bond donors (Lipinski definition) is 1. The average Bonchev–Trinajstić information content (AvgIpc) is 3.21. The molecule has 1 aliphatic carbocycles. The third-order valence-electron chi connectivity index (χ3n) is 4.48. The Morgan fingerprint density at radius 2 is 2.21 bits per heavy atom. The van der Waals surface area contributed by atoms with Crippen molar-refractivity contribution in [3.8, 4) is 0 Å². The lowest BCUT2D eigenvalue weighted by Gasteiger charge is -2.47. The van der Waals surface area contributed by atoms with Crippen LogP contribution in [0.25, 0.3) is 0 Å². The average molecular weight is 279 g/mol. The molecule has 19 heavy (non-hydrogen) atoms. The highest BCUT2D eigenvalue weighted by Gasteiger charge is 2.53. The molecule has 1 aliphatic heterocycles. The van der Waals surface area contributed by atoms with E-state index in [1.807, 2.05) is 30.1 Å². The van der Waals surface area contributed by atoms with Gasteiger partial charge in [-0.3, -0.25) is 0 Å². The maximum Gasteiger partial charge on any atom is 0.322 e. The number of benzene rings is 1. The molecular formula is C15H19ClN2O. The van der Waals surface area contributed by atoms with E-state index >= 15 is 0 Å². The minimum Gasteiger partial charge on any atom is -0.317 e. The molecule has 1 heterocycles. The number of hydrogen-bond acceptors (Lipinski definition) is 1. The van der Waals surface area contributed by atoms with Crippen LogP contribution in [-0.4, -0.2) is 18.0 Å². The quantitative estimate of drug-likeness (QED) is 0.882. The Kier molecular flexibility index (Phi) is 2.97. The van der Waals surface area contributed by atoms with Crippen LogP contribution in [0.2, 0.25) is 5.02 Å². The second-order valence-electron chi connectivity index (χ2n) is 5.63. The normalized spacial score (nSPS) is 26.1. The molecule has 3 nitrogen and oxygen atoms in total. The number of nitrogens with zero attached hydrogens (tertiary/aromatic N) is 1. The summed E-state index contributed by atoms with van der Waals surface area (Å²) in [6.07, 6.45) is 4.45. The van der Waals surface area contributed by atoms with Gasteiger partial charge in [0.15, 0.2) is 0 Å². The van der Waals surface area contributed by atoms with Gasteiger partial charge in [-0.1, -0.05) is 24.9 Å². The first-order chi connectivity index (χ1) is 9.09. The number of amides is 2. The fourth-order valence-corrected chi connectivity index (χ4v) is 3.66. The molecule has 1 aromatic rings. The van der Waals surface area contributed by atoms with E-state index in [9.17, 15) is 4.79 Å². The molecule has 0 radical (unpaired) electrons. The lowest BCUT2D eigenvalue weighted by molar-refractivity contribution is 0.108. The molecule has 0 saturated heterocycles. The second kappa shape index (κ2) is 4.41. The number of fused-ring (bicyclic) bond motifs is 1. The third-order valence-corrected chi connectivity index (χ3v) is 4.71. The third kappa shape index (κ3) is 1.83. The summed E-state index contributed by atoms with van der Waals surface area (Å²) in [5.41, 5.74) is 1.94. The lowest BCUT2D eigenvalue weighted by Crippen LogP contribution is -2.54. The number of nitrogens with one attached hydrogen (secondary N) is 1. The maximum atomic E-state index is 12.2. The molecule has 4 heteroatoms. The molecule has 2 amide bonds. The van der Waals surface area contributed by atoms with E-state index < -0.39 is 0 Å². The summed E-state index contributed by atoms with van der Waals surface area (Å²) in [4.78, 5) is 14.1. The SMILES string of the molecule is CCC[C@@]1(C2CC2)c2cc(Cl)ccc2NC(=O)N1C. The van der Waals surface area contributed by atoms with E-state index in [1.54, 1.807) is 0 Å². The van der Waals surface area contributed by atoms with Gasteiger partial charge in [-0.15, -0.1) is 0 Å². The number of anilines is 1. The largest absolute Gasteiger partial charge is 0.322 e. The zero-order valence-corrected chi connectivity index (χ0v) is 12.1. The van der Waals surface area contributed by atoms with Crippen molar-refractivity contribution < 1.29 is 4.79 Å². The highest BCUT2D eigenvalue weighted by atomic mass is 35.5. The Morgan fingerprint density at radius 1 is 1.47 bits per heavy atom. The van der Waals surface area contributed by atoms with Gasteiger partial charge in [-0.05, 0) is 43.4 Å². The molecule has 0 bridgehead atoms. The first-order valence-corrected chi connectivity index (χ1v) is 7.32. The van der Waals surface area contributed by atoms with Gasteiger partial charge >= 0.3 is 6.03 Å². The summed E-state index contributed by atoms with van der Waals surface area (Å²) in [6.45, 7) is 2.18. The summed E-state index contributed by atoms with van der Waals surface area (Å²) in [5.74, 6) is 0.570. The van der Waals surface area contributed by atoms with Crippen LogP contribution < -0.4 is 5.32 Å². The van der Waals surface area contributed by atoms with E-state index in [0.717, 1.165) is 23.6 Å². The van der Waals surface area contributed by atoms with Crippen molar-refractivity contribution in [1.29, 1.82) is 0 Å².